The van der Waals surface area contributed by atoms with E-state index >= 15 is 0 Å². The molecular weight excluding hydrogens is 682 g/mol. The van der Waals surface area contributed by atoms with Crippen molar-refractivity contribution in [1.82, 2.24) is 5.32 Å². The summed E-state index contributed by atoms with van der Waals surface area (Å²) in [7, 11) is 0. The van der Waals surface area contributed by atoms with Crippen molar-refractivity contribution < 1.29 is 115 Å². The zero-order valence-corrected chi connectivity index (χ0v) is 25.6. The first-order chi connectivity index (χ1) is 23.2. The maximum atomic E-state index is 11.0. The molecule has 3 rings (SSSR count). The lowest BCUT2D eigenvalue weighted by atomic mass is 9.86. The van der Waals surface area contributed by atoms with Crippen molar-refractivity contribution in [2.45, 2.75) is 117 Å². The van der Waals surface area contributed by atoms with E-state index in [1.54, 1.807) is 0 Å². The number of carbonyl (C=O) groups excluding carboxylic acids is 1. The van der Waals surface area contributed by atoms with Gasteiger partial charge in [0.1, 0.15) is 79.4 Å². The molecule has 286 valence electrons. The minimum atomic E-state index is -2.13. The Morgan fingerprint density at radius 1 is 0.878 bits per heavy atom. The second-order valence-electron chi connectivity index (χ2n) is 11.4. The van der Waals surface area contributed by atoms with Crippen LogP contribution in [0.5, 0.6) is 0 Å². The third-order valence-electron chi connectivity index (χ3n) is 8.23. The van der Waals surface area contributed by atoms with Crippen LogP contribution < -0.4 is 5.32 Å². The van der Waals surface area contributed by atoms with Gasteiger partial charge in [-0.2, -0.15) is 4.89 Å². The highest BCUT2D eigenvalue weighted by atomic mass is 17.8. The molecule has 0 spiro atoms. The van der Waals surface area contributed by atoms with Crippen LogP contribution in [-0.4, -0.2) is 203 Å². The molecule has 24 nitrogen and oxygen atoms in total. The fraction of sp³-hybridized carbons (Fsp3) is 0.880. The van der Waals surface area contributed by atoms with Gasteiger partial charge in [0.25, 0.3) is 0 Å². The third kappa shape index (κ3) is 9.88. The van der Waals surface area contributed by atoms with E-state index in [0.29, 0.717) is 0 Å². The van der Waals surface area contributed by atoms with Crippen LogP contribution in [0.2, 0.25) is 0 Å². The van der Waals surface area contributed by atoms with Crippen LogP contribution >= 0.6 is 0 Å². The molecule has 0 aromatic carbocycles. The van der Waals surface area contributed by atoms with Gasteiger partial charge in [0.15, 0.2) is 18.9 Å². The van der Waals surface area contributed by atoms with E-state index in [2.05, 4.69) is 25.5 Å². The van der Waals surface area contributed by atoms with Crippen LogP contribution in [0.4, 0.5) is 0 Å². The molecule has 1 aliphatic carbocycles. The van der Waals surface area contributed by atoms with Gasteiger partial charge in [0.2, 0.25) is 0 Å². The van der Waals surface area contributed by atoms with Crippen LogP contribution in [0.1, 0.15) is 6.92 Å². The molecule has 3 aliphatic rings. The normalized spacial score (nSPS) is 41.1. The zero-order valence-electron chi connectivity index (χ0n) is 25.6. The van der Waals surface area contributed by atoms with Gasteiger partial charge in [-0.25, -0.2) is 5.26 Å². The quantitative estimate of drug-likeness (QED) is 0.0205. The molecule has 2 aliphatic heterocycles. The van der Waals surface area contributed by atoms with Gasteiger partial charge in [0.05, 0.1) is 38.0 Å². The number of ether oxygens (including phenoxy) is 4. The summed E-state index contributed by atoms with van der Waals surface area (Å²) >= 11 is 0. The number of hydrogen-bond donors (Lipinski definition) is 14. The smallest absolute Gasteiger partial charge is 0.187 e. The van der Waals surface area contributed by atoms with Crippen LogP contribution in [0, 0.1) is 0 Å². The monoisotopic (exact) mass is 725 g/mol. The van der Waals surface area contributed by atoms with Crippen molar-refractivity contribution in [1.29, 1.82) is 0 Å². The molecular formula is C25H43NO23. The molecule has 0 aromatic rings. The lowest BCUT2D eigenvalue weighted by Crippen LogP contribution is -2.68. The van der Waals surface area contributed by atoms with E-state index in [1.807, 2.05) is 0 Å². The first-order valence-corrected chi connectivity index (χ1v) is 14.7. The van der Waals surface area contributed by atoms with Crippen molar-refractivity contribution in [2.24, 2.45) is 0 Å². The van der Waals surface area contributed by atoms with Crippen LogP contribution in [0.3, 0.4) is 0 Å². The van der Waals surface area contributed by atoms with E-state index < -0.39 is 130 Å². The van der Waals surface area contributed by atoms with Crippen molar-refractivity contribution in [2.75, 3.05) is 19.8 Å². The molecule has 2 fully saturated rings. The average Bonchev–Trinajstić information content (AvgIpc) is 3.10. The Morgan fingerprint density at radius 3 is 2.14 bits per heavy atom. The molecule has 2 heterocycles. The largest absolute Gasteiger partial charge is 0.394 e. The fourth-order valence-electron chi connectivity index (χ4n) is 5.54. The summed E-state index contributed by atoms with van der Waals surface area (Å²) in [5.74, 6) is 0. The predicted octanol–water partition coefficient (Wildman–Crippen LogP) is -8.50. The second kappa shape index (κ2) is 19.4. The summed E-state index contributed by atoms with van der Waals surface area (Å²) in [4.78, 5) is 15.6. The maximum Gasteiger partial charge on any atom is 0.187 e. The molecule has 0 radical (unpaired) electrons. The van der Waals surface area contributed by atoms with Crippen molar-refractivity contribution >= 4 is 6.29 Å². The number of hydrogen-bond acceptors (Lipinski definition) is 24. The summed E-state index contributed by atoms with van der Waals surface area (Å²) in [6, 6.07) is -2.40. The summed E-state index contributed by atoms with van der Waals surface area (Å²) < 4.78 is 22.0. The highest BCUT2D eigenvalue weighted by Crippen LogP contribution is 2.32. The Labute approximate surface area is 275 Å². The molecule has 0 bridgehead atoms. The lowest BCUT2D eigenvalue weighted by molar-refractivity contribution is -0.756. The van der Waals surface area contributed by atoms with Gasteiger partial charge >= 0.3 is 0 Å². The van der Waals surface area contributed by atoms with Crippen molar-refractivity contribution in [3.05, 3.63) is 11.6 Å². The Balaban J connectivity index is 1.69. The first kappa shape index (κ1) is 41.9. The van der Waals surface area contributed by atoms with Gasteiger partial charge in [-0.05, 0) is 32.6 Å². The summed E-state index contributed by atoms with van der Waals surface area (Å²) in [5, 5.41) is 149. The van der Waals surface area contributed by atoms with E-state index in [1.165, 1.54) is 13.0 Å². The highest BCUT2D eigenvalue weighted by Gasteiger charge is 2.52. The van der Waals surface area contributed by atoms with Crippen LogP contribution in [0.15, 0.2) is 11.6 Å². The Kier molecular flexibility index (Phi) is 16.6. The van der Waals surface area contributed by atoms with Crippen molar-refractivity contribution in [3.63, 3.8) is 0 Å². The minimum absolute atomic E-state index is 0.0572. The Hall–Kier alpha value is -1.51. The number of aliphatic hydroxyl groups is 12. The topological polar surface area (TPSA) is 375 Å². The third-order valence-corrected chi connectivity index (χ3v) is 8.23. The van der Waals surface area contributed by atoms with E-state index in [-0.39, 0.29) is 11.9 Å². The summed E-state index contributed by atoms with van der Waals surface area (Å²) in [6.45, 7) is -1.27. The van der Waals surface area contributed by atoms with E-state index in [9.17, 15) is 66.1 Å². The number of rotatable bonds is 18. The number of aliphatic hydroxyl groups excluding tert-OH is 12. The maximum absolute atomic E-state index is 11.0. The van der Waals surface area contributed by atoms with Gasteiger partial charge in [-0.3, -0.25) is 0 Å². The predicted molar refractivity (Wildman–Crippen MR) is 145 cm³/mol. The van der Waals surface area contributed by atoms with Crippen LogP contribution in [0.25, 0.3) is 0 Å². The number of carbonyl (C=O) groups is 1. The van der Waals surface area contributed by atoms with Gasteiger partial charge in [-0.15, -0.1) is 0 Å². The molecule has 0 amide bonds. The Bertz CT molecular complexity index is 1030. The summed E-state index contributed by atoms with van der Waals surface area (Å²) in [6.07, 6.45) is -27.6. The molecule has 24 heteroatoms. The standard InChI is InChI=1S/C25H43NO23/c1-7-13(26-9-2-8(3-27)21(17(36)14(9)33)45-47-49-48-46-40)16(35)19(38)24(41-7)44-23-12(6-30)42-25(20(39)18(23)37)43-22(11(32)5-29)15(34)10(31)4-28/h2,4,7,9-27,29-40H,3,5-6H2,1H3. The molecule has 0 saturated carbocycles. The number of aldehydes is 1. The average molecular weight is 726 g/mol. The molecule has 2 saturated heterocycles. The molecule has 18 unspecified atom stereocenters. The van der Waals surface area contributed by atoms with Gasteiger partial charge in [-0.1, -0.05) is 6.08 Å². The van der Waals surface area contributed by atoms with Crippen molar-refractivity contribution in [3.8, 4) is 0 Å². The minimum Gasteiger partial charge on any atom is -0.394 e. The molecule has 49 heavy (non-hydrogen) atoms. The molecule has 14 N–H and O–H groups in total. The second-order valence-corrected chi connectivity index (χ2v) is 11.4. The van der Waals surface area contributed by atoms with E-state index in [4.69, 9.17) is 29.1 Å². The summed E-state index contributed by atoms with van der Waals surface area (Å²) in [5.41, 5.74) is -0.0572. The fourth-order valence-corrected chi connectivity index (χ4v) is 5.54. The zero-order chi connectivity index (χ0) is 36.6. The highest BCUT2D eigenvalue weighted by molar-refractivity contribution is 5.56. The van der Waals surface area contributed by atoms with Gasteiger partial charge in [0, 0.05) is 0 Å². The SMILES string of the molecule is CC1OC(OC2C(CO)OC(OC(C(O)CO)C(O)C(O)C=O)C(O)C2O)C(O)C(O)C1NC1C=C(CO)C(OOOOOO)C(O)C1O. The first-order valence-electron chi connectivity index (χ1n) is 14.7. The Morgan fingerprint density at radius 2 is 1.55 bits per heavy atom. The molecule has 0 aromatic heterocycles. The van der Waals surface area contributed by atoms with E-state index in [0.717, 1.165) is 0 Å². The van der Waals surface area contributed by atoms with Gasteiger partial charge < -0.3 is 90.3 Å². The number of nitrogens with one attached hydrogen (secondary N) is 1. The lowest BCUT2D eigenvalue weighted by Gasteiger charge is -2.48. The van der Waals surface area contributed by atoms with Crippen LogP contribution in [-0.2, 0) is 48.8 Å². The molecule has 18 atom stereocenters.